The summed E-state index contributed by atoms with van der Waals surface area (Å²) in [5.41, 5.74) is 6.28. The van der Waals surface area contributed by atoms with Crippen LogP contribution in [0, 0.1) is 0 Å². The van der Waals surface area contributed by atoms with Gasteiger partial charge in [-0.25, -0.2) is 0 Å². The molecule has 3 aromatic rings. The molecule has 1 fully saturated rings. The number of hydrogen-bond acceptors (Lipinski definition) is 4. The molecule has 5 heteroatoms. The minimum atomic E-state index is 0. The highest BCUT2D eigenvalue weighted by atomic mass is 35.5. The van der Waals surface area contributed by atoms with Crippen molar-refractivity contribution in [1.82, 2.24) is 9.80 Å². The molecule has 32 heavy (non-hydrogen) atoms. The number of ketones is 1. The third kappa shape index (κ3) is 4.31. The molecule has 2 aliphatic rings. The van der Waals surface area contributed by atoms with Gasteiger partial charge in [0.05, 0.1) is 19.2 Å². The molecule has 1 aliphatic heterocycles. The topological polar surface area (TPSA) is 32.8 Å². The third-order valence-electron chi connectivity index (χ3n) is 6.43. The summed E-state index contributed by atoms with van der Waals surface area (Å²) in [5.74, 6) is 0.984. The van der Waals surface area contributed by atoms with E-state index < -0.39 is 0 Å². The van der Waals surface area contributed by atoms with Crippen molar-refractivity contribution in [3.63, 3.8) is 0 Å². The number of ether oxygens (including phenoxy) is 1. The van der Waals surface area contributed by atoms with Gasteiger partial charge in [0, 0.05) is 31.7 Å². The van der Waals surface area contributed by atoms with E-state index in [1.165, 1.54) is 22.3 Å². The van der Waals surface area contributed by atoms with E-state index in [4.69, 9.17) is 4.74 Å². The van der Waals surface area contributed by atoms with Crippen LogP contribution in [0.1, 0.15) is 34.5 Å². The number of halogens is 1. The van der Waals surface area contributed by atoms with Crippen molar-refractivity contribution in [2.45, 2.75) is 13.0 Å². The van der Waals surface area contributed by atoms with Crippen LogP contribution < -0.4 is 4.74 Å². The lowest BCUT2D eigenvalue weighted by molar-refractivity contribution is 0.0811. The third-order valence-corrected chi connectivity index (χ3v) is 6.43. The number of benzene rings is 3. The lowest BCUT2D eigenvalue weighted by Crippen LogP contribution is -2.48. The number of carbonyl (C=O) groups excluding carboxylic acids is 1. The van der Waals surface area contributed by atoms with Crippen LogP contribution in [0.15, 0.2) is 72.8 Å². The Labute approximate surface area is 196 Å². The van der Waals surface area contributed by atoms with Gasteiger partial charge in [0.1, 0.15) is 5.75 Å². The number of fused-ring (bicyclic) bond motifs is 3. The van der Waals surface area contributed by atoms with E-state index in [0.717, 1.165) is 37.5 Å². The molecule has 0 amide bonds. The van der Waals surface area contributed by atoms with Crippen molar-refractivity contribution in [2.75, 3.05) is 39.3 Å². The Balaban J connectivity index is 0.00000245. The summed E-state index contributed by atoms with van der Waals surface area (Å²) in [6.07, 6.45) is 0. The van der Waals surface area contributed by atoms with Crippen LogP contribution in [0.2, 0.25) is 0 Å². The fourth-order valence-corrected chi connectivity index (χ4v) is 4.90. The van der Waals surface area contributed by atoms with Crippen LogP contribution in [0.25, 0.3) is 11.1 Å². The van der Waals surface area contributed by atoms with E-state index in [1.54, 1.807) is 0 Å². The summed E-state index contributed by atoms with van der Waals surface area (Å²) < 4.78 is 5.47. The van der Waals surface area contributed by atoms with Crippen molar-refractivity contribution >= 4 is 18.2 Å². The molecule has 0 bridgehead atoms. The van der Waals surface area contributed by atoms with E-state index in [2.05, 4.69) is 58.3 Å². The maximum Gasteiger partial charge on any atom is 0.176 e. The van der Waals surface area contributed by atoms with Crippen LogP contribution in [-0.2, 0) is 0 Å². The van der Waals surface area contributed by atoms with Crippen molar-refractivity contribution in [1.29, 1.82) is 0 Å². The Kier molecular flexibility index (Phi) is 6.95. The fraction of sp³-hybridized carbons (Fsp3) is 0.296. The van der Waals surface area contributed by atoms with Gasteiger partial charge in [-0.1, -0.05) is 48.5 Å². The maximum absolute atomic E-state index is 12.8. The number of Topliss-reactive ketones (excluding diaryl/α,β-unsaturated/α-hetero) is 1. The summed E-state index contributed by atoms with van der Waals surface area (Å²) in [7, 11) is 0. The molecular formula is C27H29ClN2O2. The van der Waals surface area contributed by atoms with Crippen LogP contribution in [0.5, 0.6) is 5.75 Å². The first-order chi connectivity index (χ1) is 15.2. The first kappa shape index (κ1) is 22.5. The molecule has 1 saturated heterocycles. The lowest BCUT2D eigenvalue weighted by atomic mass is 10.0. The predicted octanol–water partition coefficient (Wildman–Crippen LogP) is 5.08. The number of nitrogens with zero attached hydrogens (tertiary/aromatic N) is 2. The Bertz CT molecular complexity index is 1030. The summed E-state index contributed by atoms with van der Waals surface area (Å²) in [6.45, 7) is 6.80. The number of carbonyl (C=O) groups is 1. The molecule has 0 saturated carbocycles. The van der Waals surface area contributed by atoms with E-state index in [-0.39, 0.29) is 18.2 Å². The van der Waals surface area contributed by atoms with Gasteiger partial charge in [0.15, 0.2) is 5.78 Å². The normalized spacial score (nSPS) is 16.2. The van der Waals surface area contributed by atoms with E-state index >= 15 is 0 Å². The van der Waals surface area contributed by atoms with Gasteiger partial charge in [0.2, 0.25) is 0 Å². The molecule has 166 valence electrons. The Morgan fingerprint density at radius 1 is 0.844 bits per heavy atom. The van der Waals surface area contributed by atoms with Crippen LogP contribution in [0.4, 0.5) is 0 Å². The van der Waals surface area contributed by atoms with Gasteiger partial charge in [-0.3, -0.25) is 14.6 Å². The molecule has 1 aliphatic carbocycles. The summed E-state index contributed by atoms with van der Waals surface area (Å²) in [6, 6.07) is 25.4. The van der Waals surface area contributed by atoms with Crippen molar-refractivity contribution in [2.24, 2.45) is 0 Å². The molecule has 4 nitrogen and oxygen atoms in total. The van der Waals surface area contributed by atoms with E-state index in [1.807, 2.05) is 31.2 Å². The molecule has 0 radical (unpaired) electrons. The Hall–Kier alpha value is -2.66. The lowest BCUT2D eigenvalue weighted by Gasteiger charge is -2.38. The molecule has 0 unspecified atom stereocenters. The van der Waals surface area contributed by atoms with Gasteiger partial charge in [-0.05, 0) is 53.4 Å². The average Bonchev–Trinajstić information content (AvgIpc) is 3.15. The summed E-state index contributed by atoms with van der Waals surface area (Å²) >= 11 is 0. The highest BCUT2D eigenvalue weighted by molar-refractivity contribution is 5.97. The summed E-state index contributed by atoms with van der Waals surface area (Å²) in [5, 5.41) is 0. The monoisotopic (exact) mass is 448 g/mol. The maximum atomic E-state index is 12.8. The van der Waals surface area contributed by atoms with E-state index in [9.17, 15) is 4.79 Å². The second kappa shape index (κ2) is 9.86. The SMILES string of the molecule is CCOc1ccc(C(=O)CN2CCN(C3c4ccccc4-c4ccccc43)CC2)cc1.Cl. The zero-order chi connectivity index (χ0) is 21.2. The van der Waals surface area contributed by atoms with Crippen molar-refractivity contribution in [3.8, 4) is 16.9 Å². The summed E-state index contributed by atoms with van der Waals surface area (Å²) in [4.78, 5) is 17.6. The standard InChI is InChI=1S/C27H28N2O2.ClH/c1-2-31-21-13-11-20(12-14-21)26(30)19-28-15-17-29(18-16-28)27-24-9-5-3-7-22(24)23-8-4-6-10-25(23)27;/h3-14,27H,2,15-19H2,1H3;1H. The van der Waals surface area contributed by atoms with Crippen molar-refractivity contribution in [3.05, 3.63) is 89.5 Å². The van der Waals surface area contributed by atoms with Crippen LogP contribution in [-0.4, -0.2) is 54.9 Å². The zero-order valence-corrected chi connectivity index (χ0v) is 19.2. The fourth-order valence-electron chi connectivity index (χ4n) is 4.90. The molecule has 0 aromatic heterocycles. The van der Waals surface area contributed by atoms with Gasteiger partial charge >= 0.3 is 0 Å². The number of hydrogen-bond donors (Lipinski definition) is 0. The van der Waals surface area contributed by atoms with Crippen LogP contribution in [0.3, 0.4) is 0 Å². The highest BCUT2D eigenvalue weighted by Gasteiger charge is 2.34. The predicted molar refractivity (Wildman–Crippen MR) is 131 cm³/mol. The molecule has 1 heterocycles. The van der Waals surface area contributed by atoms with Gasteiger partial charge in [-0.15, -0.1) is 12.4 Å². The molecule has 0 atom stereocenters. The first-order valence-electron chi connectivity index (χ1n) is 11.2. The van der Waals surface area contributed by atoms with Gasteiger partial charge in [0.25, 0.3) is 0 Å². The second-order valence-corrected chi connectivity index (χ2v) is 8.27. The first-order valence-corrected chi connectivity index (χ1v) is 11.2. The second-order valence-electron chi connectivity index (χ2n) is 8.27. The number of rotatable bonds is 6. The van der Waals surface area contributed by atoms with Gasteiger partial charge in [-0.2, -0.15) is 0 Å². The molecule has 0 N–H and O–H groups in total. The van der Waals surface area contributed by atoms with Crippen molar-refractivity contribution < 1.29 is 9.53 Å². The van der Waals surface area contributed by atoms with Gasteiger partial charge < -0.3 is 4.74 Å². The molecular weight excluding hydrogens is 420 g/mol. The molecule has 3 aromatic carbocycles. The Morgan fingerprint density at radius 3 is 1.97 bits per heavy atom. The molecule has 5 rings (SSSR count). The Morgan fingerprint density at radius 2 is 1.41 bits per heavy atom. The zero-order valence-electron chi connectivity index (χ0n) is 18.4. The minimum Gasteiger partial charge on any atom is -0.494 e. The average molecular weight is 449 g/mol. The highest BCUT2D eigenvalue weighted by Crippen LogP contribution is 2.46. The van der Waals surface area contributed by atoms with Crippen LogP contribution >= 0.6 is 12.4 Å². The largest absolute Gasteiger partial charge is 0.494 e. The molecule has 0 spiro atoms. The quantitative estimate of drug-likeness (QED) is 0.492. The number of piperazine rings is 1. The smallest absolute Gasteiger partial charge is 0.176 e. The van der Waals surface area contributed by atoms with E-state index in [0.29, 0.717) is 19.2 Å². The minimum absolute atomic E-state index is 0.